The van der Waals surface area contributed by atoms with Gasteiger partial charge in [0.2, 0.25) is 11.8 Å². The van der Waals surface area contributed by atoms with Gasteiger partial charge in [0, 0.05) is 0 Å². The lowest BCUT2D eigenvalue weighted by atomic mass is 9.73. The Morgan fingerprint density at radius 2 is 1.57 bits per heavy atom. The van der Waals surface area contributed by atoms with E-state index in [1.807, 2.05) is 30.3 Å². The van der Waals surface area contributed by atoms with Crippen LogP contribution < -0.4 is 4.90 Å². The Balaban J connectivity index is 1.48. The molecule has 5 rings (SSSR count). The quantitative estimate of drug-likeness (QED) is 0.707. The number of halogens is 3. The molecule has 6 heteroatoms. The van der Waals surface area contributed by atoms with Crippen LogP contribution >= 0.6 is 0 Å². The number of anilines is 1. The number of carbonyl (C=O) groups is 2. The second-order valence-electron chi connectivity index (χ2n) is 8.02. The number of amides is 2. The van der Waals surface area contributed by atoms with Gasteiger partial charge in [-0.05, 0) is 54.4 Å². The summed E-state index contributed by atoms with van der Waals surface area (Å²) in [6.07, 6.45) is -2.83. The van der Waals surface area contributed by atoms with Gasteiger partial charge in [-0.25, -0.2) is 0 Å². The molecule has 3 aliphatic rings. The molecule has 2 amide bonds. The van der Waals surface area contributed by atoms with E-state index in [9.17, 15) is 22.8 Å². The first kappa shape index (κ1) is 17.5. The van der Waals surface area contributed by atoms with E-state index in [-0.39, 0.29) is 35.3 Å². The third kappa shape index (κ3) is 2.43. The first-order valence-electron chi connectivity index (χ1n) is 9.46. The van der Waals surface area contributed by atoms with E-state index in [0.29, 0.717) is 0 Å². The number of alkyl halides is 3. The maximum absolute atomic E-state index is 13.1. The highest BCUT2D eigenvalue weighted by atomic mass is 19.4. The van der Waals surface area contributed by atoms with Gasteiger partial charge < -0.3 is 0 Å². The number of hydrogen-bond donors (Lipinski definition) is 0. The summed E-state index contributed by atoms with van der Waals surface area (Å²) < 4.78 is 39.2. The average Bonchev–Trinajstić information content (AvgIpc) is 3.33. The van der Waals surface area contributed by atoms with Crippen LogP contribution in [0.15, 0.2) is 54.6 Å². The standard InChI is InChI=1S/C22H18F3NO2/c23-22(24,25)14-7-4-8-15(11-14)26-20(27)18-13-9-16(12-5-2-1-3-6-12)17(10-13)19(18)21(26)28/h1-8,11,13,16-19H,9-10H2/t13?,16?,17?,18-,19+/m0/s1. The minimum absolute atomic E-state index is 0.0230. The Labute approximate surface area is 160 Å². The third-order valence-corrected chi connectivity index (χ3v) is 6.67. The van der Waals surface area contributed by atoms with Crippen molar-refractivity contribution in [2.75, 3.05) is 4.90 Å². The molecular formula is C22H18F3NO2. The van der Waals surface area contributed by atoms with Gasteiger partial charge in [0.05, 0.1) is 23.1 Å². The fourth-order valence-corrected chi connectivity index (χ4v) is 5.62. The SMILES string of the molecule is O=C1[C@@H]2C3CC(CC3c3ccccc3)[C@@H]2C(=O)N1c1cccc(C(F)(F)F)c1. The molecule has 3 nitrogen and oxygen atoms in total. The summed E-state index contributed by atoms with van der Waals surface area (Å²) in [6.45, 7) is 0. The number of nitrogens with zero attached hydrogens (tertiary/aromatic N) is 1. The molecule has 2 aromatic rings. The summed E-state index contributed by atoms with van der Waals surface area (Å²) in [5, 5.41) is 0. The van der Waals surface area contributed by atoms with Crippen molar-refractivity contribution in [2.24, 2.45) is 23.7 Å². The largest absolute Gasteiger partial charge is 0.416 e. The molecule has 1 saturated heterocycles. The monoisotopic (exact) mass is 385 g/mol. The number of rotatable bonds is 2. The molecule has 3 fully saturated rings. The fraction of sp³-hybridized carbons (Fsp3) is 0.364. The predicted octanol–water partition coefficient (Wildman–Crippen LogP) is 4.63. The highest BCUT2D eigenvalue weighted by Crippen LogP contribution is 2.61. The third-order valence-electron chi connectivity index (χ3n) is 6.67. The van der Waals surface area contributed by atoms with Crippen molar-refractivity contribution in [3.05, 3.63) is 65.7 Å². The molecule has 0 N–H and O–H groups in total. The molecule has 2 saturated carbocycles. The summed E-state index contributed by atoms with van der Waals surface area (Å²) in [7, 11) is 0. The van der Waals surface area contributed by atoms with Crippen LogP contribution in [-0.4, -0.2) is 11.8 Å². The second-order valence-corrected chi connectivity index (χ2v) is 8.02. The molecule has 1 aliphatic heterocycles. The molecule has 0 spiro atoms. The lowest BCUT2D eigenvalue weighted by Gasteiger charge is -2.28. The normalized spacial score (nSPS) is 31.5. The zero-order valence-electron chi connectivity index (χ0n) is 14.9. The van der Waals surface area contributed by atoms with Crippen molar-refractivity contribution in [3.8, 4) is 0 Å². The highest BCUT2D eigenvalue weighted by Gasteiger charge is 2.64. The number of fused-ring (bicyclic) bond motifs is 5. The van der Waals surface area contributed by atoms with Crippen molar-refractivity contribution in [2.45, 2.75) is 24.9 Å². The lowest BCUT2D eigenvalue weighted by Crippen LogP contribution is -2.33. The predicted molar refractivity (Wildman–Crippen MR) is 96.3 cm³/mol. The van der Waals surface area contributed by atoms with Crippen molar-refractivity contribution >= 4 is 17.5 Å². The summed E-state index contributed by atoms with van der Waals surface area (Å²) in [4.78, 5) is 27.2. The molecular weight excluding hydrogens is 367 g/mol. The minimum Gasteiger partial charge on any atom is -0.274 e. The topological polar surface area (TPSA) is 37.4 Å². The van der Waals surface area contributed by atoms with Crippen molar-refractivity contribution in [1.82, 2.24) is 0 Å². The van der Waals surface area contributed by atoms with Crippen molar-refractivity contribution < 1.29 is 22.8 Å². The van der Waals surface area contributed by atoms with Crippen LogP contribution in [0.25, 0.3) is 0 Å². The molecule has 0 radical (unpaired) electrons. The van der Waals surface area contributed by atoms with E-state index in [4.69, 9.17) is 0 Å². The molecule has 144 valence electrons. The van der Waals surface area contributed by atoms with Crippen LogP contribution in [0.5, 0.6) is 0 Å². The maximum Gasteiger partial charge on any atom is 0.416 e. The highest BCUT2D eigenvalue weighted by molar-refractivity contribution is 6.22. The van der Waals surface area contributed by atoms with Gasteiger partial charge in [-0.3, -0.25) is 14.5 Å². The van der Waals surface area contributed by atoms with E-state index in [1.165, 1.54) is 17.7 Å². The van der Waals surface area contributed by atoms with Gasteiger partial charge in [0.1, 0.15) is 0 Å². The van der Waals surface area contributed by atoms with E-state index < -0.39 is 23.6 Å². The van der Waals surface area contributed by atoms with Crippen molar-refractivity contribution in [1.29, 1.82) is 0 Å². The van der Waals surface area contributed by atoms with E-state index >= 15 is 0 Å². The summed E-state index contributed by atoms with van der Waals surface area (Å²) in [5.74, 6) is -1.09. The van der Waals surface area contributed by atoms with Gasteiger partial charge in [-0.1, -0.05) is 36.4 Å². The van der Waals surface area contributed by atoms with Crippen LogP contribution in [0, 0.1) is 23.7 Å². The number of carbonyl (C=O) groups excluding carboxylic acids is 2. The van der Waals surface area contributed by atoms with Crippen LogP contribution in [0.1, 0.15) is 29.9 Å². The van der Waals surface area contributed by atoms with E-state index in [1.54, 1.807) is 0 Å². The minimum atomic E-state index is -4.52. The molecule has 2 bridgehead atoms. The Hall–Kier alpha value is -2.63. The Morgan fingerprint density at radius 3 is 2.29 bits per heavy atom. The zero-order valence-corrected chi connectivity index (χ0v) is 14.9. The Bertz CT molecular complexity index is 956. The lowest BCUT2D eigenvalue weighted by molar-refractivity contribution is -0.137. The van der Waals surface area contributed by atoms with Gasteiger partial charge in [-0.2, -0.15) is 13.2 Å². The summed E-state index contributed by atoms with van der Waals surface area (Å²) >= 11 is 0. The number of imide groups is 1. The van der Waals surface area contributed by atoms with Crippen LogP contribution in [0.3, 0.4) is 0 Å². The second kappa shape index (κ2) is 5.93. The fourth-order valence-electron chi connectivity index (χ4n) is 5.62. The molecule has 5 atom stereocenters. The molecule has 28 heavy (non-hydrogen) atoms. The maximum atomic E-state index is 13.1. The van der Waals surface area contributed by atoms with Crippen LogP contribution in [0.2, 0.25) is 0 Å². The van der Waals surface area contributed by atoms with Crippen LogP contribution in [-0.2, 0) is 15.8 Å². The van der Waals surface area contributed by atoms with E-state index in [0.717, 1.165) is 29.9 Å². The number of hydrogen-bond acceptors (Lipinski definition) is 2. The van der Waals surface area contributed by atoms with Gasteiger partial charge >= 0.3 is 6.18 Å². The van der Waals surface area contributed by atoms with Gasteiger partial charge in [0.15, 0.2) is 0 Å². The molecule has 3 unspecified atom stereocenters. The average molecular weight is 385 g/mol. The molecule has 2 aliphatic carbocycles. The van der Waals surface area contributed by atoms with Crippen LogP contribution in [0.4, 0.5) is 18.9 Å². The van der Waals surface area contributed by atoms with E-state index in [2.05, 4.69) is 0 Å². The summed E-state index contributed by atoms with van der Waals surface area (Å²) in [5.41, 5.74) is 0.342. The Morgan fingerprint density at radius 1 is 0.857 bits per heavy atom. The first-order valence-corrected chi connectivity index (χ1v) is 9.46. The molecule has 1 heterocycles. The number of benzene rings is 2. The first-order chi connectivity index (χ1) is 13.4. The van der Waals surface area contributed by atoms with Gasteiger partial charge in [0.25, 0.3) is 0 Å². The van der Waals surface area contributed by atoms with Gasteiger partial charge in [-0.15, -0.1) is 0 Å². The molecule has 2 aromatic carbocycles. The summed E-state index contributed by atoms with van der Waals surface area (Å²) in [6, 6.07) is 14.5. The Kier molecular flexibility index (Phi) is 3.70. The zero-order chi connectivity index (χ0) is 19.6. The smallest absolute Gasteiger partial charge is 0.274 e. The van der Waals surface area contributed by atoms with Crippen molar-refractivity contribution in [3.63, 3.8) is 0 Å². The molecule has 0 aromatic heterocycles.